The van der Waals surface area contributed by atoms with Crippen molar-refractivity contribution >= 4 is 22.5 Å². The van der Waals surface area contributed by atoms with Crippen molar-refractivity contribution in [2.75, 3.05) is 13.1 Å². The second kappa shape index (κ2) is 7.08. The molecule has 160 valence electrons. The molecule has 0 radical (unpaired) electrons. The van der Waals surface area contributed by atoms with Crippen LogP contribution in [0, 0.1) is 16.0 Å². The van der Waals surface area contributed by atoms with Gasteiger partial charge in [-0.2, -0.15) is 0 Å². The summed E-state index contributed by atoms with van der Waals surface area (Å²) in [5.74, 6) is 0.109. The molecule has 8 nitrogen and oxygen atoms in total. The number of benzene rings is 1. The SMILES string of the molecule is CC(C)n1ccc2ccc(C(=O)N3CC4C[C@H](C3)Cn3c4ccc([N+](=O)[O-])c3=O)cc21. The minimum absolute atomic E-state index is 0.00760. The van der Waals surface area contributed by atoms with E-state index in [1.54, 1.807) is 10.6 Å². The van der Waals surface area contributed by atoms with Crippen molar-refractivity contribution in [1.29, 1.82) is 0 Å². The summed E-state index contributed by atoms with van der Waals surface area (Å²) in [7, 11) is 0. The standard InChI is InChI=1S/C23H24N4O4/c1-14(2)25-8-7-16-3-4-17(10-21(16)25)22(28)24-11-15-9-18(13-24)19-5-6-20(27(30)31)23(29)26(19)12-15/h3-8,10,14-15,18H,9,11-13H2,1-2H3/t15-,18?/m1/s1. The van der Waals surface area contributed by atoms with Gasteiger partial charge in [-0.25, -0.2) is 0 Å². The molecule has 2 atom stereocenters. The van der Waals surface area contributed by atoms with E-state index < -0.39 is 16.2 Å². The molecule has 2 aromatic heterocycles. The van der Waals surface area contributed by atoms with Crippen molar-refractivity contribution in [3.63, 3.8) is 0 Å². The molecular formula is C23H24N4O4. The van der Waals surface area contributed by atoms with Gasteiger partial charge in [0.15, 0.2) is 0 Å². The van der Waals surface area contributed by atoms with Gasteiger partial charge in [0, 0.05) is 60.6 Å². The lowest BCUT2D eigenvalue weighted by atomic mass is 9.83. The van der Waals surface area contributed by atoms with Crippen LogP contribution in [0.25, 0.3) is 10.9 Å². The summed E-state index contributed by atoms with van der Waals surface area (Å²) < 4.78 is 3.70. The number of hydrogen-bond donors (Lipinski definition) is 0. The second-order valence-electron chi connectivity index (χ2n) is 8.92. The van der Waals surface area contributed by atoms with E-state index in [1.807, 2.05) is 29.3 Å². The third-order valence-electron chi connectivity index (χ3n) is 6.59. The molecule has 31 heavy (non-hydrogen) atoms. The van der Waals surface area contributed by atoms with Crippen LogP contribution in [0.3, 0.4) is 0 Å². The molecule has 5 rings (SSSR count). The predicted molar refractivity (Wildman–Crippen MR) is 116 cm³/mol. The zero-order valence-electron chi connectivity index (χ0n) is 17.5. The highest BCUT2D eigenvalue weighted by Gasteiger charge is 2.37. The maximum absolute atomic E-state index is 13.4. The molecule has 0 spiro atoms. The Bertz CT molecular complexity index is 1270. The van der Waals surface area contributed by atoms with E-state index in [4.69, 9.17) is 0 Å². The van der Waals surface area contributed by atoms with Gasteiger partial charge in [0.2, 0.25) is 0 Å². The van der Waals surface area contributed by atoms with E-state index in [0.717, 1.165) is 23.0 Å². The Balaban J connectivity index is 1.45. The Hall–Kier alpha value is -3.42. The first-order valence-corrected chi connectivity index (χ1v) is 10.6. The first kappa shape index (κ1) is 19.5. The van der Waals surface area contributed by atoms with Crippen molar-refractivity contribution in [2.24, 2.45) is 5.92 Å². The number of rotatable bonds is 3. The molecule has 2 bridgehead atoms. The molecule has 2 aliphatic rings. The Morgan fingerprint density at radius 2 is 1.94 bits per heavy atom. The maximum atomic E-state index is 13.4. The molecule has 0 saturated carbocycles. The van der Waals surface area contributed by atoms with Crippen LogP contribution >= 0.6 is 0 Å². The smallest absolute Gasteiger partial charge is 0.334 e. The number of amides is 1. The van der Waals surface area contributed by atoms with E-state index in [0.29, 0.717) is 31.2 Å². The number of nitrogens with zero attached hydrogens (tertiary/aromatic N) is 4. The Labute approximate surface area is 178 Å². The molecule has 4 heterocycles. The Morgan fingerprint density at radius 1 is 1.13 bits per heavy atom. The van der Waals surface area contributed by atoms with Gasteiger partial charge in [-0.15, -0.1) is 0 Å². The number of piperidine rings is 1. The molecule has 8 heteroatoms. The highest BCUT2D eigenvalue weighted by atomic mass is 16.6. The molecule has 1 aromatic carbocycles. The van der Waals surface area contributed by atoms with E-state index in [9.17, 15) is 19.7 Å². The average Bonchev–Trinajstić information content (AvgIpc) is 3.17. The third kappa shape index (κ3) is 3.13. The molecule has 1 saturated heterocycles. The lowest BCUT2D eigenvalue weighted by Gasteiger charge is -2.42. The van der Waals surface area contributed by atoms with Crippen LogP contribution in [0.5, 0.6) is 0 Å². The molecule has 0 aliphatic carbocycles. The second-order valence-corrected chi connectivity index (χ2v) is 8.92. The highest BCUT2D eigenvalue weighted by molar-refractivity contribution is 5.98. The number of pyridine rings is 1. The summed E-state index contributed by atoms with van der Waals surface area (Å²) in [6.45, 7) is 5.70. The quantitative estimate of drug-likeness (QED) is 0.479. The van der Waals surface area contributed by atoms with Crippen LogP contribution < -0.4 is 5.56 Å². The van der Waals surface area contributed by atoms with Crippen molar-refractivity contribution < 1.29 is 9.72 Å². The molecular weight excluding hydrogens is 396 g/mol. The highest BCUT2D eigenvalue weighted by Crippen LogP contribution is 2.36. The average molecular weight is 420 g/mol. The van der Waals surface area contributed by atoms with Gasteiger partial charge < -0.3 is 14.0 Å². The van der Waals surface area contributed by atoms with Gasteiger partial charge in [0.25, 0.3) is 5.91 Å². The van der Waals surface area contributed by atoms with Crippen LogP contribution in [0.15, 0.2) is 47.4 Å². The van der Waals surface area contributed by atoms with Gasteiger partial charge in [-0.1, -0.05) is 6.07 Å². The molecule has 0 N–H and O–H groups in total. The summed E-state index contributed by atoms with van der Waals surface area (Å²) in [4.78, 5) is 38.3. The fourth-order valence-electron chi connectivity index (χ4n) is 5.15. The van der Waals surface area contributed by atoms with E-state index in [2.05, 4.69) is 24.5 Å². The molecule has 1 unspecified atom stereocenters. The minimum Gasteiger partial charge on any atom is -0.345 e. The van der Waals surface area contributed by atoms with E-state index in [1.165, 1.54) is 6.07 Å². The third-order valence-corrected chi connectivity index (χ3v) is 6.59. The first-order valence-electron chi connectivity index (χ1n) is 10.6. The van der Waals surface area contributed by atoms with Gasteiger partial charge in [-0.05, 0) is 55.8 Å². The number of likely N-dealkylation sites (tertiary alicyclic amines) is 1. The summed E-state index contributed by atoms with van der Waals surface area (Å²) in [6.07, 6.45) is 2.93. The topological polar surface area (TPSA) is 90.4 Å². The normalized spacial score (nSPS) is 20.2. The monoisotopic (exact) mass is 420 g/mol. The Kier molecular flexibility index (Phi) is 4.46. The summed E-state index contributed by atoms with van der Waals surface area (Å²) >= 11 is 0. The zero-order chi connectivity index (χ0) is 21.9. The van der Waals surface area contributed by atoms with Gasteiger partial charge in [0.1, 0.15) is 0 Å². The van der Waals surface area contributed by atoms with Gasteiger partial charge >= 0.3 is 11.2 Å². The van der Waals surface area contributed by atoms with Crippen LogP contribution in [0.1, 0.15) is 48.3 Å². The van der Waals surface area contributed by atoms with Crippen LogP contribution in [0.4, 0.5) is 5.69 Å². The van der Waals surface area contributed by atoms with Crippen LogP contribution in [0.2, 0.25) is 0 Å². The van der Waals surface area contributed by atoms with Crippen LogP contribution in [-0.4, -0.2) is 38.0 Å². The number of nitro groups is 1. The lowest BCUT2D eigenvalue weighted by molar-refractivity contribution is -0.386. The number of hydrogen-bond acceptors (Lipinski definition) is 4. The Morgan fingerprint density at radius 3 is 2.68 bits per heavy atom. The van der Waals surface area contributed by atoms with Crippen LogP contribution in [-0.2, 0) is 6.54 Å². The predicted octanol–water partition coefficient (Wildman–Crippen LogP) is 3.55. The summed E-state index contributed by atoms with van der Waals surface area (Å²) in [5, 5.41) is 12.2. The zero-order valence-corrected chi connectivity index (χ0v) is 17.5. The number of aromatic nitrogens is 2. The minimum atomic E-state index is -0.626. The van der Waals surface area contributed by atoms with E-state index >= 15 is 0 Å². The number of carbonyl (C=O) groups excluding carboxylic acids is 1. The molecule has 1 fully saturated rings. The molecule has 1 amide bonds. The van der Waals surface area contributed by atoms with E-state index in [-0.39, 0.29) is 17.7 Å². The largest absolute Gasteiger partial charge is 0.345 e. The van der Waals surface area contributed by atoms with Crippen molar-refractivity contribution in [3.05, 3.63) is 74.3 Å². The first-order chi connectivity index (χ1) is 14.8. The number of fused-ring (bicyclic) bond motifs is 5. The summed E-state index contributed by atoms with van der Waals surface area (Å²) in [6, 6.07) is 11.2. The summed E-state index contributed by atoms with van der Waals surface area (Å²) in [5.41, 5.74) is 1.56. The fourth-order valence-corrected chi connectivity index (χ4v) is 5.15. The van der Waals surface area contributed by atoms with Crippen molar-refractivity contribution in [3.8, 4) is 0 Å². The fraction of sp³-hybridized carbons (Fsp3) is 0.391. The van der Waals surface area contributed by atoms with Crippen molar-refractivity contribution in [1.82, 2.24) is 14.0 Å². The maximum Gasteiger partial charge on any atom is 0.334 e. The molecule has 3 aromatic rings. The van der Waals surface area contributed by atoms with Gasteiger partial charge in [-0.3, -0.25) is 19.7 Å². The molecule has 2 aliphatic heterocycles. The number of carbonyl (C=O) groups is 1. The lowest BCUT2D eigenvalue weighted by Crippen LogP contribution is -2.49. The van der Waals surface area contributed by atoms with Gasteiger partial charge in [0.05, 0.1) is 4.92 Å². The van der Waals surface area contributed by atoms with Crippen molar-refractivity contribution in [2.45, 2.75) is 38.8 Å².